The van der Waals surface area contributed by atoms with Crippen LogP contribution in [0.4, 0.5) is 0 Å². The van der Waals surface area contributed by atoms with Gasteiger partial charge >= 0.3 is 0 Å². The molecular formula is C14H15ClN2O2. The van der Waals surface area contributed by atoms with Crippen molar-refractivity contribution >= 4 is 17.4 Å². The molecule has 0 N–H and O–H groups in total. The fourth-order valence-corrected chi connectivity index (χ4v) is 2.19. The van der Waals surface area contributed by atoms with Gasteiger partial charge in [-0.3, -0.25) is 9.48 Å². The highest BCUT2D eigenvalue weighted by Gasteiger charge is 2.15. The van der Waals surface area contributed by atoms with E-state index in [1.807, 2.05) is 19.1 Å². The number of aromatic nitrogens is 2. The number of carbonyl (C=O) groups is 1. The van der Waals surface area contributed by atoms with Crippen molar-refractivity contribution < 1.29 is 9.53 Å². The van der Waals surface area contributed by atoms with Crippen LogP contribution in [0.5, 0.6) is 0 Å². The monoisotopic (exact) mass is 278 g/mol. The third kappa shape index (κ3) is 3.22. The second kappa shape index (κ2) is 5.99. The summed E-state index contributed by atoms with van der Waals surface area (Å²) in [4.78, 5) is 12.4. The average molecular weight is 279 g/mol. The van der Waals surface area contributed by atoms with Crippen LogP contribution in [0.1, 0.15) is 21.6 Å². The molecule has 4 nitrogen and oxygen atoms in total. The molecule has 0 aliphatic heterocycles. The molecule has 0 aliphatic rings. The molecule has 0 radical (unpaired) electrons. The number of carbonyl (C=O) groups excluding carboxylic acids is 1. The molecule has 0 atom stereocenters. The molecule has 0 aliphatic carbocycles. The third-order valence-electron chi connectivity index (χ3n) is 2.76. The van der Waals surface area contributed by atoms with Gasteiger partial charge in [-0.1, -0.05) is 11.6 Å². The van der Waals surface area contributed by atoms with Crippen LogP contribution in [0.15, 0.2) is 30.5 Å². The topological polar surface area (TPSA) is 44.1 Å². The van der Waals surface area contributed by atoms with Crippen LogP contribution in [-0.2, 0) is 11.3 Å². The number of methoxy groups -OCH3 is 1. The molecule has 19 heavy (non-hydrogen) atoms. The molecular weight excluding hydrogens is 264 g/mol. The molecule has 2 aromatic rings. The van der Waals surface area contributed by atoms with Gasteiger partial charge in [0.1, 0.15) is 5.69 Å². The van der Waals surface area contributed by atoms with Crippen molar-refractivity contribution in [3.8, 4) is 0 Å². The average Bonchev–Trinajstić information content (AvgIpc) is 2.82. The normalized spacial score (nSPS) is 10.7. The number of ketones is 1. The predicted octanol–water partition coefficient (Wildman–Crippen LogP) is 2.72. The summed E-state index contributed by atoms with van der Waals surface area (Å²) in [5.74, 6) is -0.0841. The quantitative estimate of drug-likeness (QED) is 0.790. The number of hydrogen-bond acceptors (Lipinski definition) is 3. The minimum atomic E-state index is -0.0841. The Morgan fingerprint density at radius 3 is 2.89 bits per heavy atom. The first kappa shape index (κ1) is 13.8. The van der Waals surface area contributed by atoms with E-state index in [-0.39, 0.29) is 5.78 Å². The molecule has 1 aromatic carbocycles. The summed E-state index contributed by atoms with van der Waals surface area (Å²) in [6, 6.07) is 7.02. The Morgan fingerprint density at radius 2 is 2.21 bits per heavy atom. The smallest absolute Gasteiger partial charge is 0.211 e. The number of nitrogens with zero attached hydrogens (tertiary/aromatic N) is 2. The Labute approximate surface area is 116 Å². The number of halogens is 1. The molecule has 0 amide bonds. The third-order valence-corrected chi connectivity index (χ3v) is 2.98. The summed E-state index contributed by atoms with van der Waals surface area (Å²) in [5.41, 5.74) is 2.07. The zero-order chi connectivity index (χ0) is 13.8. The molecule has 0 saturated heterocycles. The van der Waals surface area contributed by atoms with Gasteiger partial charge in [-0.05, 0) is 36.8 Å². The maximum absolute atomic E-state index is 12.4. The number of aryl methyl sites for hydroxylation is 1. The second-order valence-electron chi connectivity index (χ2n) is 4.28. The Kier molecular flexibility index (Phi) is 4.35. The van der Waals surface area contributed by atoms with E-state index in [4.69, 9.17) is 16.3 Å². The fraction of sp³-hybridized carbons (Fsp3) is 0.286. The van der Waals surface area contributed by atoms with Crippen molar-refractivity contribution in [2.24, 2.45) is 0 Å². The van der Waals surface area contributed by atoms with Crippen LogP contribution in [0, 0.1) is 6.92 Å². The first-order valence-corrected chi connectivity index (χ1v) is 6.32. The van der Waals surface area contributed by atoms with Gasteiger partial charge in [-0.15, -0.1) is 0 Å². The predicted molar refractivity (Wildman–Crippen MR) is 73.7 cm³/mol. The standard InChI is InChI=1S/C14H15ClN2O2/c1-10-7-11(9-12(15)8-10)14(18)13-3-4-16-17(13)5-6-19-2/h3-4,7-9H,5-6H2,1-2H3. The van der Waals surface area contributed by atoms with E-state index < -0.39 is 0 Å². The molecule has 0 fully saturated rings. The highest BCUT2D eigenvalue weighted by atomic mass is 35.5. The number of rotatable bonds is 5. The second-order valence-corrected chi connectivity index (χ2v) is 4.72. The van der Waals surface area contributed by atoms with Crippen LogP contribution < -0.4 is 0 Å². The lowest BCUT2D eigenvalue weighted by atomic mass is 10.1. The maximum Gasteiger partial charge on any atom is 0.211 e. The van der Waals surface area contributed by atoms with Gasteiger partial charge in [0.25, 0.3) is 0 Å². The lowest BCUT2D eigenvalue weighted by Gasteiger charge is -2.07. The van der Waals surface area contributed by atoms with E-state index in [1.165, 1.54) is 0 Å². The Hall–Kier alpha value is -1.65. The van der Waals surface area contributed by atoms with E-state index in [1.54, 1.807) is 30.1 Å². The van der Waals surface area contributed by atoms with Crippen LogP contribution in [0.2, 0.25) is 5.02 Å². The summed E-state index contributed by atoms with van der Waals surface area (Å²) in [7, 11) is 1.62. The van der Waals surface area contributed by atoms with E-state index in [9.17, 15) is 4.79 Å². The van der Waals surface area contributed by atoms with Crippen molar-refractivity contribution in [1.29, 1.82) is 0 Å². The summed E-state index contributed by atoms with van der Waals surface area (Å²) in [6.45, 7) is 2.96. The molecule has 5 heteroatoms. The molecule has 2 rings (SSSR count). The molecule has 1 heterocycles. The van der Waals surface area contributed by atoms with E-state index in [2.05, 4.69) is 5.10 Å². The van der Waals surface area contributed by atoms with E-state index in [0.29, 0.717) is 29.4 Å². The van der Waals surface area contributed by atoms with Gasteiger partial charge in [0.15, 0.2) is 0 Å². The minimum absolute atomic E-state index is 0.0841. The Bertz CT molecular complexity index is 573. The summed E-state index contributed by atoms with van der Waals surface area (Å²) in [6.07, 6.45) is 1.61. The lowest BCUT2D eigenvalue weighted by Crippen LogP contribution is -2.14. The summed E-state index contributed by atoms with van der Waals surface area (Å²) >= 11 is 5.98. The van der Waals surface area contributed by atoms with E-state index in [0.717, 1.165) is 5.56 Å². The van der Waals surface area contributed by atoms with Crippen molar-refractivity contribution in [3.63, 3.8) is 0 Å². The van der Waals surface area contributed by atoms with E-state index >= 15 is 0 Å². The van der Waals surface area contributed by atoms with Crippen LogP contribution in [0.25, 0.3) is 0 Å². The van der Waals surface area contributed by atoms with Gasteiger partial charge in [0.2, 0.25) is 5.78 Å². The number of benzene rings is 1. The summed E-state index contributed by atoms with van der Waals surface area (Å²) in [5, 5.41) is 4.69. The largest absolute Gasteiger partial charge is 0.383 e. The van der Waals surface area contributed by atoms with Gasteiger partial charge in [0, 0.05) is 23.9 Å². The van der Waals surface area contributed by atoms with Crippen LogP contribution in [0.3, 0.4) is 0 Å². The van der Waals surface area contributed by atoms with Crippen molar-refractivity contribution in [2.75, 3.05) is 13.7 Å². The first-order valence-electron chi connectivity index (χ1n) is 5.94. The molecule has 0 bridgehead atoms. The Balaban J connectivity index is 2.31. The summed E-state index contributed by atoms with van der Waals surface area (Å²) < 4.78 is 6.64. The highest BCUT2D eigenvalue weighted by molar-refractivity contribution is 6.31. The minimum Gasteiger partial charge on any atom is -0.383 e. The zero-order valence-corrected chi connectivity index (χ0v) is 11.6. The van der Waals surface area contributed by atoms with Gasteiger partial charge in [-0.25, -0.2) is 0 Å². The van der Waals surface area contributed by atoms with Crippen molar-refractivity contribution in [3.05, 3.63) is 52.3 Å². The molecule has 0 unspecified atom stereocenters. The lowest BCUT2D eigenvalue weighted by molar-refractivity contribution is 0.102. The first-order chi connectivity index (χ1) is 9.11. The van der Waals surface area contributed by atoms with Crippen molar-refractivity contribution in [1.82, 2.24) is 9.78 Å². The molecule has 0 spiro atoms. The highest BCUT2D eigenvalue weighted by Crippen LogP contribution is 2.17. The fourth-order valence-electron chi connectivity index (χ4n) is 1.90. The van der Waals surface area contributed by atoms with Gasteiger partial charge < -0.3 is 4.74 Å². The molecule has 0 saturated carbocycles. The van der Waals surface area contributed by atoms with Gasteiger partial charge in [-0.2, -0.15) is 5.10 Å². The van der Waals surface area contributed by atoms with Crippen LogP contribution >= 0.6 is 11.6 Å². The Morgan fingerprint density at radius 1 is 1.42 bits per heavy atom. The SMILES string of the molecule is COCCn1nccc1C(=O)c1cc(C)cc(Cl)c1. The maximum atomic E-state index is 12.4. The number of ether oxygens (including phenoxy) is 1. The van der Waals surface area contributed by atoms with Crippen LogP contribution in [-0.4, -0.2) is 29.3 Å². The molecule has 1 aromatic heterocycles. The van der Waals surface area contributed by atoms with Crippen molar-refractivity contribution in [2.45, 2.75) is 13.5 Å². The zero-order valence-electron chi connectivity index (χ0n) is 10.9. The molecule has 100 valence electrons. The number of hydrogen-bond donors (Lipinski definition) is 0. The van der Waals surface area contributed by atoms with Gasteiger partial charge in [0.05, 0.1) is 13.2 Å².